The summed E-state index contributed by atoms with van der Waals surface area (Å²) in [5, 5.41) is 0. The van der Waals surface area contributed by atoms with Crippen molar-refractivity contribution >= 4 is 11.1 Å². The first-order valence-corrected chi connectivity index (χ1v) is 6.74. The first kappa shape index (κ1) is 12.0. The number of aromatic nitrogens is 1. The van der Waals surface area contributed by atoms with Gasteiger partial charge >= 0.3 is 0 Å². The predicted octanol–water partition coefficient (Wildman–Crippen LogP) is 5.01. The Morgan fingerprint density at radius 2 is 1.84 bits per heavy atom. The van der Waals surface area contributed by atoms with E-state index in [1.165, 1.54) is 11.1 Å². The van der Waals surface area contributed by atoms with Crippen molar-refractivity contribution in [2.75, 3.05) is 0 Å². The zero-order valence-corrected chi connectivity index (χ0v) is 11.3. The second-order valence-electron chi connectivity index (χ2n) is 4.91. The highest BCUT2D eigenvalue weighted by Crippen LogP contribution is 2.27. The monoisotopic (exact) mass is 251 g/mol. The Hall–Kier alpha value is -2.09. The van der Waals surface area contributed by atoms with E-state index in [0.717, 1.165) is 23.4 Å². The van der Waals surface area contributed by atoms with Gasteiger partial charge in [-0.25, -0.2) is 4.98 Å². The van der Waals surface area contributed by atoms with Crippen molar-refractivity contribution in [3.63, 3.8) is 0 Å². The predicted molar refractivity (Wildman–Crippen MR) is 78.2 cm³/mol. The van der Waals surface area contributed by atoms with Crippen molar-refractivity contribution in [2.24, 2.45) is 0 Å². The molecule has 0 saturated carbocycles. The molecule has 0 saturated heterocycles. The van der Waals surface area contributed by atoms with E-state index < -0.39 is 0 Å². The van der Waals surface area contributed by atoms with Crippen molar-refractivity contribution in [1.82, 2.24) is 4.98 Å². The minimum absolute atomic E-state index is 0.368. The Kier molecular flexibility index (Phi) is 3.08. The summed E-state index contributed by atoms with van der Waals surface area (Å²) >= 11 is 0. The zero-order valence-electron chi connectivity index (χ0n) is 11.3. The second-order valence-corrected chi connectivity index (χ2v) is 4.91. The van der Waals surface area contributed by atoms with Gasteiger partial charge in [-0.05, 0) is 29.7 Å². The van der Waals surface area contributed by atoms with Crippen LogP contribution in [0.3, 0.4) is 0 Å². The van der Waals surface area contributed by atoms with Crippen LogP contribution >= 0.6 is 0 Å². The summed E-state index contributed by atoms with van der Waals surface area (Å²) in [7, 11) is 0. The molecule has 0 amide bonds. The number of rotatable bonds is 3. The molecule has 0 aliphatic rings. The molecule has 0 aliphatic heterocycles. The van der Waals surface area contributed by atoms with Crippen molar-refractivity contribution in [2.45, 2.75) is 26.2 Å². The smallest absolute Gasteiger partial charge is 0.198 e. The molecule has 3 rings (SSSR count). The summed E-state index contributed by atoms with van der Waals surface area (Å²) in [4.78, 5) is 4.60. The van der Waals surface area contributed by atoms with Gasteiger partial charge in [-0.3, -0.25) is 0 Å². The average molecular weight is 251 g/mol. The van der Waals surface area contributed by atoms with E-state index in [4.69, 9.17) is 4.42 Å². The van der Waals surface area contributed by atoms with Gasteiger partial charge in [-0.15, -0.1) is 0 Å². The molecular weight excluding hydrogens is 234 g/mol. The van der Waals surface area contributed by atoms with Crippen molar-refractivity contribution in [3.8, 4) is 11.1 Å². The van der Waals surface area contributed by atoms with E-state index in [1.807, 2.05) is 24.3 Å². The SMILES string of the molecule is CCC(C)c1nc2cc(-c3ccccc3)ccc2o1. The molecule has 19 heavy (non-hydrogen) atoms. The van der Waals surface area contributed by atoms with E-state index in [0.29, 0.717) is 5.92 Å². The summed E-state index contributed by atoms with van der Waals surface area (Å²) in [6.45, 7) is 4.29. The molecule has 2 nitrogen and oxygen atoms in total. The van der Waals surface area contributed by atoms with Gasteiger partial charge < -0.3 is 4.42 Å². The number of oxazole rings is 1. The maximum absolute atomic E-state index is 5.80. The lowest BCUT2D eigenvalue weighted by Crippen LogP contribution is -1.89. The van der Waals surface area contributed by atoms with Gasteiger partial charge in [0.15, 0.2) is 11.5 Å². The number of hydrogen-bond acceptors (Lipinski definition) is 2. The molecule has 1 aromatic heterocycles. The quantitative estimate of drug-likeness (QED) is 0.654. The summed E-state index contributed by atoms with van der Waals surface area (Å²) < 4.78 is 5.80. The minimum Gasteiger partial charge on any atom is -0.440 e. The molecule has 0 N–H and O–H groups in total. The topological polar surface area (TPSA) is 26.0 Å². The molecular formula is C17H17NO. The molecule has 0 spiro atoms. The number of fused-ring (bicyclic) bond motifs is 1. The van der Waals surface area contributed by atoms with Gasteiger partial charge in [-0.1, -0.05) is 50.2 Å². The molecule has 1 heterocycles. The maximum atomic E-state index is 5.80. The minimum atomic E-state index is 0.368. The lowest BCUT2D eigenvalue weighted by molar-refractivity contribution is 0.479. The normalized spacial score (nSPS) is 12.7. The van der Waals surface area contributed by atoms with Crippen LogP contribution in [-0.4, -0.2) is 4.98 Å². The van der Waals surface area contributed by atoms with Crippen molar-refractivity contribution < 1.29 is 4.42 Å². The first-order chi connectivity index (χ1) is 9.28. The molecule has 2 heteroatoms. The number of benzene rings is 2. The van der Waals surface area contributed by atoms with Gasteiger partial charge in [0, 0.05) is 5.92 Å². The largest absolute Gasteiger partial charge is 0.440 e. The highest BCUT2D eigenvalue weighted by atomic mass is 16.3. The fourth-order valence-corrected chi connectivity index (χ4v) is 2.14. The van der Waals surface area contributed by atoms with Crippen molar-refractivity contribution in [3.05, 3.63) is 54.4 Å². The molecule has 0 bridgehead atoms. The van der Waals surface area contributed by atoms with Crippen molar-refractivity contribution in [1.29, 1.82) is 0 Å². The summed E-state index contributed by atoms with van der Waals surface area (Å²) in [5.74, 6) is 1.20. The van der Waals surface area contributed by atoms with Gasteiger partial charge in [0.2, 0.25) is 0 Å². The Morgan fingerprint density at radius 1 is 1.05 bits per heavy atom. The average Bonchev–Trinajstić information content (AvgIpc) is 2.90. The van der Waals surface area contributed by atoms with Gasteiger partial charge in [0.1, 0.15) is 5.52 Å². The molecule has 1 atom stereocenters. The molecule has 1 unspecified atom stereocenters. The van der Waals surface area contributed by atoms with Gasteiger partial charge in [0.05, 0.1) is 0 Å². The van der Waals surface area contributed by atoms with E-state index in [9.17, 15) is 0 Å². The Labute approximate surface area is 113 Å². The summed E-state index contributed by atoms with van der Waals surface area (Å²) in [5.41, 5.74) is 4.20. The number of nitrogens with zero attached hydrogens (tertiary/aromatic N) is 1. The number of hydrogen-bond donors (Lipinski definition) is 0. The van der Waals surface area contributed by atoms with E-state index in [1.54, 1.807) is 0 Å². The first-order valence-electron chi connectivity index (χ1n) is 6.74. The second kappa shape index (κ2) is 4.88. The third-order valence-corrected chi connectivity index (χ3v) is 3.55. The van der Waals surface area contributed by atoms with Gasteiger partial charge in [-0.2, -0.15) is 0 Å². The summed E-state index contributed by atoms with van der Waals surface area (Å²) in [6, 6.07) is 16.5. The van der Waals surface area contributed by atoms with Crippen LogP contribution in [0.4, 0.5) is 0 Å². The third-order valence-electron chi connectivity index (χ3n) is 3.55. The fraction of sp³-hybridized carbons (Fsp3) is 0.235. The van der Waals surface area contributed by atoms with Crippen LogP contribution in [-0.2, 0) is 0 Å². The maximum Gasteiger partial charge on any atom is 0.198 e. The zero-order chi connectivity index (χ0) is 13.2. The highest BCUT2D eigenvalue weighted by Gasteiger charge is 2.12. The Morgan fingerprint density at radius 3 is 2.58 bits per heavy atom. The Balaban J connectivity index is 2.06. The van der Waals surface area contributed by atoms with Crippen LogP contribution in [0.1, 0.15) is 32.1 Å². The summed E-state index contributed by atoms with van der Waals surface area (Å²) in [6.07, 6.45) is 1.04. The molecule has 2 aromatic carbocycles. The van der Waals surface area contributed by atoms with Crippen LogP contribution in [0, 0.1) is 0 Å². The molecule has 3 aromatic rings. The van der Waals surface area contributed by atoms with Crippen LogP contribution < -0.4 is 0 Å². The molecule has 0 aliphatic carbocycles. The lowest BCUT2D eigenvalue weighted by Gasteiger charge is -1.99. The van der Waals surface area contributed by atoms with E-state index in [-0.39, 0.29) is 0 Å². The highest BCUT2D eigenvalue weighted by molar-refractivity contribution is 5.80. The van der Waals surface area contributed by atoms with Crippen LogP contribution in [0.25, 0.3) is 22.2 Å². The van der Waals surface area contributed by atoms with Crippen LogP contribution in [0.5, 0.6) is 0 Å². The van der Waals surface area contributed by atoms with Crippen LogP contribution in [0.15, 0.2) is 52.9 Å². The Bertz CT molecular complexity index is 685. The lowest BCUT2D eigenvalue weighted by atomic mass is 10.1. The molecule has 96 valence electrons. The standard InChI is InChI=1S/C17H17NO/c1-3-12(2)17-18-15-11-14(9-10-16(15)19-17)13-7-5-4-6-8-13/h4-12H,3H2,1-2H3. The molecule has 0 fully saturated rings. The van der Waals surface area contributed by atoms with E-state index >= 15 is 0 Å². The van der Waals surface area contributed by atoms with Crippen LogP contribution in [0.2, 0.25) is 0 Å². The van der Waals surface area contributed by atoms with Gasteiger partial charge in [0.25, 0.3) is 0 Å². The third kappa shape index (κ3) is 2.26. The van der Waals surface area contributed by atoms with E-state index in [2.05, 4.69) is 43.1 Å². The fourth-order valence-electron chi connectivity index (χ4n) is 2.14. The molecule has 0 radical (unpaired) electrons.